The maximum absolute atomic E-state index is 6.59. The number of anilines is 9. The van der Waals surface area contributed by atoms with E-state index >= 15 is 0 Å². The van der Waals surface area contributed by atoms with Crippen molar-refractivity contribution < 1.29 is 4.42 Å². The van der Waals surface area contributed by atoms with E-state index in [0.29, 0.717) is 0 Å². The molecule has 14 aromatic rings. The highest BCUT2D eigenvalue weighted by Crippen LogP contribution is 2.51. The number of hydrogen-bond acceptors (Lipinski definition) is 4. The second kappa shape index (κ2) is 21.5. The van der Waals surface area contributed by atoms with Crippen LogP contribution in [0.5, 0.6) is 0 Å². The summed E-state index contributed by atoms with van der Waals surface area (Å²) in [6, 6.07) is 116. The summed E-state index contributed by atoms with van der Waals surface area (Å²) in [5, 5.41) is 2.22. The van der Waals surface area contributed by atoms with E-state index in [0.717, 1.165) is 95.4 Å². The minimum atomic E-state index is 0.282. The molecule has 13 aromatic carbocycles. The molecule has 0 N–H and O–H groups in total. The molecule has 0 saturated heterocycles. The fraction of sp³-hybridized carbons (Fsp3) is 0.0250. The van der Waals surface area contributed by atoms with E-state index in [1.54, 1.807) is 0 Å². The first-order valence-electron chi connectivity index (χ1n) is 28.9. The van der Waals surface area contributed by atoms with Gasteiger partial charge in [0, 0.05) is 56.4 Å². The van der Waals surface area contributed by atoms with E-state index in [-0.39, 0.29) is 5.92 Å². The lowest BCUT2D eigenvalue weighted by Gasteiger charge is -2.33. The molecule has 1 atom stereocenters. The van der Waals surface area contributed by atoms with Gasteiger partial charge in [0.1, 0.15) is 11.2 Å². The summed E-state index contributed by atoms with van der Waals surface area (Å²) in [5.41, 5.74) is 25.6. The van der Waals surface area contributed by atoms with Gasteiger partial charge in [0.15, 0.2) is 0 Å². The normalized spacial score (nSPS) is 12.5. The minimum Gasteiger partial charge on any atom is -0.455 e. The fourth-order valence-electron chi connectivity index (χ4n) is 12.7. The van der Waals surface area contributed by atoms with Crippen LogP contribution in [0.4, 0.5) is 51.2 Å². The lowest BCUT2D eigenvalue weighted by Crippen LogP contribution is -2.16. The molecule has 15 rings (SSSR count). The monoisotopic (exact) mass is 1080 g/mol. The van der Waals surface area contributed by atoms with Gasteiger partial charge >= 0.3 is 0 Å². The molecule has 0 fully saturated rings. The first kappa shape index (κ1) is 50.1. The zero-order valence-electron chi connectivity index (χ0n) is 46.4. The van der Waals surface area contributed by atoms with Gasteiger partial charge in [-0.2, -0.15) is 0 Å². The van der Waals surface area contributed by atoms with E-state index in [2.05, 4.69) is 331 Å². The fourth-order valence-corrected chi connectivity index (χ4v) is 12.7. The van der Waals surface area contributed by atoms with Crippen LogP contribution in [-0.2, 0) is 0 Å². The maximum atomic E-state index is 6.59. The molecule has 0 bridgehead atoms. The molecule has 0 aliphatic heterocycles. The quantitative estimate of drug-likeness (QED) is 0.115. The van der Waals surface area contributed by atoms with Crippen LogP contribution < -0.4 is 14.7 Å². The van der Waals surface area contributed by atoms with Crippen molar-refractivity contribution in [3.05, 3.63) is 333 Å². The Bertz CT molecular complexity index is 4600. The number of benzene rings is 13. The zero-order chi connectivity index (χ0) is 55.9. The molecular formula is C80H57N3O. The van der Waals surface area contributed by atoms with Crippen molar-refractivity contribution in [3.63, 3.8) is 0 Å². The average Bonchev–Trinajstić information content (AvgIpc) is 2.24. The Kier molecular flexibility index (Phi) is 12.8. The van der Waals surface area contributed by atoms with Gasteiger partial charge in [-0.05, 0) is 158 Å². The third-order valence-corrected chi connectivity index (χ3v) is 16.7. The van der Waals surface area contributed by atoms with Gasteiger partial charge in [0.05, 0.1) is 17.1 Å². The van der Waals surface area contributed by atoms with Crippen molar-refractivity contribution in [2.45, 2.75) is 12.8 Å². The van der Waals surface area contributed by atoms with Crippen LogP contribution in [0.1, 0.15) is 24.0 Å². The lowest BCUT2D eigenvalue weighted by atomic mass is 9.90. The van der Waals surface area contributed by atoms with Gasteiger partial charge in [0.25, 0.3) is 0 Å². The van der Waals surface area contributed by atoms with Crippen molar-refractivity contribution >= 4 is 73.1 Å². The molecule has 1 aliphatic rings. The molecule has 1 heterocycles. The Morgan fingerprint density at radius 2 is 0.595 bits per heavy atom. The summed E-state index contributed by atoms with van der Waals surface area (Å²) in [4.78, 5) is 7.19. The van der Waals surface area contributed by atoms with E-state index in [1.807, 2.05) is 12.1 Å². The summed E-state index contributed by atoms with van der Waals surface area (Å²) in [6.45, 7) is 2.35. The minimum absolute atomic E-state index is 0.282. The molecule has 84 heavy (non-hydrogen) atoms. The van der Waals surface area contributed by atoms with Crippen molar-refractivity contribution in [1.29, 1.82) is 0 Å². The molecule has 0 saturated carbocycles. The topological polar surface area (TPSA) is 22.9 Å². The molecule has 0 spiro atoms. The van der Waals surface area contributed by atoms with Crippen LogP contribution in [0.2, 0.25) is 0 Å². The van der Waals surface area contributed by atoms with Crippen LogP contribution in [0.15, 0.2) is 326 Å². The SMILES string of the molecule is CC1c2ccccc2-c2cccc(-c3ccc(N(c4ccc(-c5ccccc5)cc4)c4cc(N(c5ccccc5)c5ccccc5)cc(N(c5ccc(-c6ccccc6)cc5)c5ccc(-c6cccc7c6oc6ccccc67)cc5)c4)cc3)c21. The van der Waals surface area contributed by atoms with Crippen molar-refractivity contribution in [3.8, 4) is 55.6 Å². The molecular weight excluding hydrogens is 1020 g/mol. The maximum Gasteiger partial charge on any atom is 0.143 e. The predicted molar refractivity (Wildman–Crippen MR) is 352 cm³/mol. The van der Waals surface area contributed by atoms with Crippen LogP contribution >= 0.6 is 0 Å². The first-order chi connectivity index (χ1) is 41.6. The standard InChI is InChI=1S/C80H57N3O/c1-55-71-28-14-15-29-74(71)76-33-18-31-72(79(55)76)60-40-48-66(49-41-60)82(64-44-36-58(37-45-64)56-20-6-2-7-21-56)69-52-68(81(62-24-10-4-11-25-62)63-26-12-5-13-27-63)53-70(54-69)83(65-46-38-59(39-47-65)57-22-8-3-9-23-57)67-50-42-61(43-51-67)73-32-19-34-77-75-30-16-17-35-78(75)84-80(73)77/h2-55H,1H3. The third-order valence-electron chi connectivity index (χ3n) is 16.7. The Morgan fingerprint density at radius 3 is 1.11 bits per heavy atom. The summed E-state index contributed by atoms with van der Waals surface area (Å²) in [6.07, 6.45) is 0. The third kappa shape index (κ3) is 9.17. The second-order valence-corrected chi connectivity index (χ2v) is 21.7. The molecule has 0 amide bonds. The molecule has 0 radical (unpaired) electrons. The molecule has 4 nitrogen and oxygen atoms in total. The van der Waals surface area contributed by atoms with Gasteiger partial charge in [-0.15, -0.1) is 0 Å². The predicted octanol–water partition coefficient (Wildman–Crippen LogP) is 22.8. The van der Waals surface area contributed by atoms with Gasteiger partial charge in [-0.3, -0.25) is 0 Å². The molecule has 398 valence electrons. The number of nitrogens with zero attached hydrogens (tertiary/aromatic N) is 3. The van der Waals surface area contributed by atoms with E-state index in [9.17, 15) is 0 Å². The summed E-state index contributed by atoms with van der Waals surface area (Å²) in [7, 11) is 0. The highest BCUT2D eigenvalue weighted by atomic mass is 16.3. The van der Waals surface area contributed by atoms with Crippen LogP contribution in [0.3, 0.4) is 0 Å². The van der Waals surface area contributed by atoms with E-state index in [4.69, 9.17) is 4.42 Å². The first-order valence-corrected chi connectivity index (χ1v) is 28.9. The molecule has 4 heteroatoms. The highest BCUT2D eigenvalue weighted by Gasteiger charge is 2.29. The summed E-state index contributed by atoms with van der Waals surface area (Å²) < 4.78 is 6.59. The number of hydrogen-bond donors (Lipinski definition) is 0. The summed E-state index contributed by atoms with van der Waals surface area (Å²) in [5.74, 6) is 0.282. The van der Waals surface area contributed by atoms with Crippen LogP contribution in [0.25, 0.3) is 77.6 Å². The van der Waals surface area contributed by atoms with E-state index in [1.165, 1.54) is 44.5 Å². The van der Waals surface area contributed by atoms with Gasteiger partial charge in [-0.25, -0.2) is 0 Å². The highest BCUT2D eigenvalue weighted by molar-refractivity contribution is 6.09. The Balaban J connectivity index is 0.935. The Hall–Kier alpha value is -10.9. The Morgan fingerprint density at radius 1 is 0.250 bits per heavy atom. The lowest BCUT2D eigenvalue weighted by molar-refractivity contribution is 0.670. The average molecular weight is 1080 g/mol. The summed E-state index contributed by atoms with van der Waals surface area (Å²) >= 11 is 0. The zero-order valence-corrected chi connectivity index (χ0v) is 46.4. The van der Waals surface area contributed by atoms with Crippen molar-refractivity contribution in [2.24, 2.45) is 0 Å². The van der Waals surface area contributed by atoms with Gasteiger partial charge < -0.3 is 19.1 Å². The number of para-hydroxylation sites is 4. The van der Waals surface area contributed by atoms with Gasteiger partial charge in [0.2, 0.25) is 0 Å². The second-order valence-electron chi connectivity index (χ2n) is 21.7. The number of furan rings is 1. The molecule has 1 aromatic heterocycles. The van der Waals surface area contributed by atoms with Crippen molar-refractivity contribution in [2.75, 3.05) is 14.7 Å². The number of rotatable bonds is 13. The van der Waals surface area contributed by atoms with Gasteiger partial charge in [-0.1, -0.05) is 231 Å². The largest absolute Gasteiger partial charge is 0.455 e. The van der Waals surface area contributed by atoms with Crippen LogP contribution in [-0.4, -0.2) is 0 Å². The Labute approximate surface area is 490 Å². The van der Waals surface area contributed by atoms with E-state index < -0.39 is 0 Å². The number of fused-ring (bicyclic) bond motifs is 6. The van der Waals surface area contributed by atoms with Crippen molar-refractivity contribution in [1.82, 2.24) is 0 Å². The molecule has 1 aliphatic carbocycles. The smallest absolute Gasteiger partial charge is 0.143 e. The molecule has 1 unspecified atom stereocenters. The van der Waals surface area contributed by atoms with Crippen LogP contribution in [0, 0.1) is 0 Å².